The van der Waals surface area contributed by atoms with Gasteiger partial charge in [-0.1, -0.05) is 0 Å². The van der Waals surface area contributed by atoms with E-state index in [0.717, 1.165) is 5.39 Å². The van der Waals surface area contributed by atoms with Crippen LogP contribution in [0.25, 0.3) is 11.0 Å². The summed E-state index contributed by atoms with van der Waals surface area (Å²) in [6, 6.07) is 7.24. The van der Waals surface area contributed by atoms with Crippen molar-refractivity contribution in [2.24, 2.45) is 7.05 Å². The molecule has 1 atom stereocenters. The van der Waals surface area contributed by atoms with Gasteiger partial charge in [-0.25, -0.2) is 4.98 Å². The number of hydrogen-bond acceptors (Lipinski definition) is 7. The van der Waals surface area contributed by atoms with Crippen molar-refractivity contribution in [1.82, 2.24) is 9.55 Å². The number of nitrogens with zero attached hydrogens (tertiary/aromatic N) is 2. The maximum absolute atomic E-state index is 13.0. The molecule has 0 aliphatic heterocycles. The van der Waals surface area contributed by atoms with Gasteiger partial charge in [0.05, 0.1) is 33.8 Å². The fourth-order valence-corrected chi connectivity index (χ4v) is 4.83. The summed E-state index contributed by atoms with van der Waals surface area (Å²) in [5.74, 6) is 3.34. The second-order valence-corrected chi connectivity index (χ2v) is 8.74. The molecular formula is C22H27N2O6S+. The Kier molecular flexibility index (Phi) is 7.17. The number of methoxy groups -OCH3 is 4. The molecule has 3 rings (SSSR count). The van der Waals surface area contributed by atoms with Gasteiger partial charge < -0.3 is 23.7 Å². The zero-order chi connectivity index (χ0) is 22.5. The van der Waals surface area contributed by atoms with Crippen LogP contribution >= 0.6 is 0 Å². The van der Waals surface area contributed by atoms with Crippen LogP contribution in [0.15, 0.2) is 40.2 Å². The molecular weight excluding hydrogens is 420 g/mol. The molecule has 166 valence electrons. The predicted molar refractivity (Wildman–Crippen MR) is 122 cm³/mol. The van der Waals surface area contributed by atoms with Crippen LogP contribution in [-0.4, -0.2) is 56.6 Å². The second-order valence-electron chi connectivity index (χ2n) is 6.65. The quantitative estimate of drug-likeness (QED) is 0.467. The van der Waals surface area contributed by atoms with Crippen molar-refractivity contribution in [1.29, 1.82) is 0 Å². The molecule has 2 aromatic heterocycles. The molecule has 0 fully saturated rings. The molecule has 0 N–H and O–H groups in total. The topological polar surface area (TPSA) is 81.0 Å². The van der Waals surface area contributed by atoms with Gasteiger partial charge >= 0.3 is 5.56 Å². The highest BCUT2D eigenvalue weighted by atomic mass is 32.2. The fourth-order valence-electron chi connectivity index (χ4n) is 3.35. The number of pyridine rings is 2. The van der Waals surface area contributed by atoms with Gasteiger partial charge in [-0.3, -0.25) is 9.36 Å². The number of rotatable bonds is 9. The van der Waals surface area contributed by atoms with Crippen LogP contribution in [-0.2, 0) is 17.9 Å². The fraction of sp³-hybridized carbons (Fsp3) is 0.364. The van der Waals surface area contributed by atoms with E-state index in [1.807, 2.05) is 18.4 Å². The first-order valence-electron chi connectivity index (χ1n) is 9.53. The first-order chi connectivity index (χ1) is 15.0. The van der Waals surface area contributed by atoms with E-state index in [2.05, 4.69) is 4.98 Å². The highest BCUT2D eigenvalue weighted by Crippen LogP contribution is 2.40. The van der Waals surface area contributed by atoms with Crippen molar-refractivity contribution < 1.29 is 23.7 Å². The summed E-state index contributed by atoms with van der Waals surface area (Å²) in [5, 5.41) is 0.812. The van der Waals surface area contributed by atoms with Crippen LogP contribution in [0.4, 0.5) is 0 Å². The molecule has 9 heteroatoms. The van der Waals surface area contributed by atoms with Crippen molar-refractivity contribution in [3.8, 4) is 28.7 Å². The highest BCUT2D eigenvalue weighted by Gasteiger charge is 2.29. The van der Waals surface area contributed by atoms with Gasteiger partial charge in [-0.05, 0) is 12.1 Å². The molecule has 0 bridgehead atoms. The molecule has 0 radical (unpaired) electrons. The largest absolute Gasteiger partial charge is 0.493 e. The zero-order valence-electron chi connectivity index (χ0n) is 18.6. The molecule has 0 spiro atoms. The van der Waals surface area contributed by atoms with Gasteiger partial charge in [0.15, 0.2) is 17.2 Å². The average Bonchev–Trinajstić information content (AvgIpc) is 2.80. The lowest BCUT2D eigenvalue weighted by atomic mass is 10.2. The lowest BCUT2D eigenvalue weighted by molar-refractivity contribution is 0.309. The maximum atomic E-state index is 13.0. The first-order valence-corrected chi connectivity index (χ1v) is 11.3. The number of aryl methyl sites for hydroxylation is 1. The summed E-state index contributed by atoms with van der Waals surface area (Å²) >= 11 is 0. The van der Waals surface area contributed by atoms with Crippen LogP contribution in [0.3, 0.4) is 0 Å². The number of benzene rings is 1. The maximum Gasteiger partial charge on any atom is 0.311 e. The highest BCUT2D eigenvalue weighted by molar-refractivity contribution is 7.96. The molecule has 1 aromatic carbocycles. The number of fused-ring (bicyclic) bond motifs is 1. The van der Waals surface area contributed by atoms with Crippen molar-refractivity contribution in [3.05, 3.63) is 40.8 Å². The SMILES string of the molecule is COc1cc(OCC[S+](C)c2c(OC)c3cccnc3n(C)c2=O)cc(OC)c1OC. The molecule has 0 saturated heterocycles. The van der Waals surface area contributed by atoms with E-state index >= 15 is 0 Å². The van der Waals surface area contributed by atoms with E-state index < -0.39 is 10.9 Å². The Morgan fingerprint density at radius 1 is 1.00 bits per heavy atom. The van der Waals surface area contributed by atoms with Gasteiger partial charge in [-0.15, -0.1) is 0 Å². The third kappa shape index (κ3) is 4.36. The Bertz CT molecular complexity index is 1110. The van der Waals surface area contributed by atoms with Crippen LogP contribution in [0, 0.1) is 0 Å². The Morgan fingerprint density at radius 2 is 1.65 bits per heavy atom. The molecule has 1 unspecified atom stereocenters. The third-order valence-corrected chi connectivity index (χ3v) is 6.74. The van der Waals surface area contributed by atoms with Crippen LogP contribution in [0.2, 0.25) is 0 Å². The summed E-state index contributed by atoms with van der Waals surface area (Å²) in [6.45, 7) is 0.398. The summed E-state index contributed by atoms with van der Waals surface area (Å²) in [4.78, 5) is 18.0. The van der Waals surface area contributed by atoms with Crippen molar-refractivity contribution in [2.75, 3.05) is 47.1 Å². The van der Waals surface area contributed by atoms with Crippen molar-refractivity contribution in [3.63, 3.8) is 0 Å². The Morgan fingerprint density at radius 3 is 2.23 bits per heavy atom. The van der Waals surface area contributed by atoms with E-state index in [1.54, 1.807) is 58.4 Å². The summed E-state index contributed by atoms with van der Waals surface area (Å²) < 4.78 is 29.2. The minimum Gasteiger partial charge on any atom is -0.493 e. The molecule has 0 aliphatic carbocycles. The first kappa shape index (κ1) is 22.6. The lowest BCUT2D eigenvalue weighted by Gasteiger charge is -2.15. The van der Waals surface area contributed by atoms with Gasteiger partial charge in [0.2, 0.25) is 5.75 Å². The monoisotopic (exact) mass is 447 g/mol. The second kappa shape index (κ2) is 9.82. The molecule has 8 nitrogen and oxygen atoms in total. The number of aromatic nitrogens is 2. The summed E-state index contributed by atoms with van der Waals surface area (Å²) in [7, 11) is 7.55. The molecule has 0 amide bonds. The standard InChI is InChI=1S/C22H27N2O6S/c1-24-21-15(8-7-9-23-21)18(28-4)20(22(24)25)31(6)11-10-30-14-12-16(26-2)19(29-5)17(13-14)27-3/h7-9,12-13H,10-11H2,1-6H3/q+1. The van der Waals surface area contributed by atoms with E-state index in [-0.39, 0.29) is 5.56 Å². The minimum absolute atomic E-state index is 0.110. The lowest BCUT2D eigenvalue weighted by Crippen LogP contribution is -2.28. The minimum atomic E-state index is -0.415. The van der Waals surface area contributed by atoms with Crippen LogP contribution in [0.5, 0.6) is 28.7 Å². The van der Waals surface area contributed by atoms with Crippen molar-refractivity contribution in [2.45, 2.75) is 4.90 Å². The van der Waals surface area contributed by atoms with Gasteiger partial charge in [-0.2, -0.15) is 0 Å². The summed E-state index contributed by atoms with van der Waals surface area (Å²) in [6.07, 6.45) is 3.68. The van der Waals surface area contributed by atoms with Gasteiger partial charge in [0.25, 0.3) is 4.90 Å². The zero-order valence-corrected chi connectivity index (χ0v) is 19.4. The molecule has 31 heavy (non-hydrogen) atoms. The Hall–Kier alpha value is -3.07. The van der Waals surface area contributed by atoms with Crippen LogP contribution in [0.1, 0.15) is 0 Å². The van der Waals surface area contributed by atoms with E-state index in [1.165, 1.54) is 0 Å². The van der Waals surface area contributed by atoms with Gasteiger partial charge in [0, 0.05) is 36.3 Å². The molecule has 0 aliphatic rings. The van der Waals surface area contributed by atoms with Gasteiger partial charge in [0.1, 0.15) is 30.0 Å². The Labute approximate surface area is 184 Å². The van der Waals surface area contributed by atoms with E-state index in [0.29, 0.717) is 51.6 Å². The smallest absolute Gasteiger partial charge is 0.311 e. The average molecular weight is 448 g/mol. The molecule has 2 heterocycles. The van der Waals surface area contributed by atoms with Crippen LogP contribution < -0.4 is 29.2 Å². The predicted octanol–water partition coefficient (Wildman–Crippen LogP) is 2.65. The molecule has 3 aromatic rings. The van der Waals surface area contributed by atoms with Crippen molar-refractivity contribution >= 4 is 21.9 Å². The van der Waals surface area contributed by atoms with E-state index in [9.17, 15) is 4.79 Å². The third-order valence-electron chi connectivity index (χ3n) is 4.90. The normalized spacial score (nSPS) is 11.8. The van der Waals surface area contributed by atoms with E-state index in [4.69, 9.17) is 23.7 Å². The Balaban J connectivity index is 1.84. The number of hydrogen-bond donors (Lipinski definition) is 0. The molecule has 0 saturated carbocycles. The summed E-state index contributed by atoms with van der Waals surface area (Å²) in [5.41, 5.74) is 0.487. The number of ether oxygens (including phenoxy) is 5.